The lowest BCUT2D eigenvalue weighted by Crippen LogP contribution is -2.41. The Morgan fingerprint density at radius 3 is 2.14 bits per heavy atom. The molecule has 1 heterocycles. The van der Waals surface area contributed by atoms with E-state index in [1.165, 1.54) is 6.07 Å². The number of rotatable bonds is 3. The summed E-state index contributed by atoms with van der Waals surface area (Å²) < 4.78 is 44.4. The van der Waals surface area contributed by atoms with Crippen LogP contribution in [0.3, 0.4) is 0 Å². The molecule has 2 N–H and O–H groups in total. The Morgan fingerprint density at radius 1 is 1.19 bits per heavy atom. The van der Waals surface area contributed by atoms with E-state index in [-0.39, 0.29) is 16.4 Å². The van der Waals surface area contributed by atoms with Gasteiger partial charge in [0, 0.05) is 5.69 Å². The van der Waals surface area contributed by atoms with Gasteiger partial charge in [-0.25, -0.2) is 4.98 Å². The fourth-order valence-electron chi connectivity index (χ4n) is 1.61. The molecule has 1 unspecified atom stereocenters. The van der Waals surface area contributed by atoms with Crippen molar-refractivity contribution < 1.29 is 17.6 Å². The van der Waals surface area contributed by atoms with E-state index in [1.807, 2.05) is 13.1 Å². The van der Waals surface area contributed by atoms with Crippen LogP contribution >= 0.6 is 0 Å². The van der Waals surface area contributed by atoms with Crippen LogP contribution in [0.4, 0.5) is 18.9 Å². The lowest BCUT2D eigenvalue weighted by molar-refractivity contribution is -0.141. The zero-order valence-electron chi connectivity index (χ0n) is 13.3. The van der Waals surface area contributed by atoms with Gasteiger partial charge in [0.2, 0.25) is 0 Å². The minimum absolute atomic E-state index is 0.0333. The molecule has 1 atom stereocenters. The number of pyridine rings is 1. The second-order valence-corrected chi connectivity index (χ2v) is 11.5. The predicted octanol–water partition coefficient (Wildman–Crippen LogP) is 4.77. The van der Waals surface area contributed by atoms with Crippen molar-refractivity contribution in [3.05, 3.63) is 23.5 Å². The smallest absolute Gasteiger partial charge is 0.409 e. The highest BCUT2D eigenvalue weighted by molar-refractivity contribution is 6.74. The number of anilines is 1. The first-order valence-electron chi connectivity index (χ1n) is 6.76. The molecule has 1 rings (SSSR count). The molecule has 0 aliphatic carbocycles. The highest BCUT2D eigenvalue weighted by Gasteiger charge is 2.39. The lowest BCUT2D eigenvalue weighted by Gasteiger charge is -2.38. The molecule has 0 saturated heterocycles. The fraction of sp³-hybridized carbons (Fsp3) is 0.643. The number of aromatic nitrogens is 1. The van der Waals surface area contributed by atoms with Crippen LogP contribution in [-0.2, 0) is 10.6 Å². The van der Waals surface area contributed by atoms with Gasteiger partial charge in [-0.1, -0.05) is 20.8 Å². The molecule has 0 saturated carbocycles. The van der Waals surface area contributed by atoms with Crippen molar-refractivity contribution in [3.63, 3.8) is 0 Å². The largest absolute Gasteiger partial charge is 0.433 e. The second-order valence-electron chi connectivity index (χ2n) is 6.73. The van der Waals surface area contributed by atoms with Crippen molar-refractivity contribution in [3.8, 4) is 0 Å². The van der Waals surface area contributed by atoms with Gasteiger partial charge in [-0.3, -0.25) is 0 Å². The molecule has 120 valence electrons. The molecule has 0 aliphatic rings. The topological polar surface area (TPSA) is 48.1 Å². The highest BCUT2D eigenvalue weighted by atomic mass is 28.4. The van der Waals surface area contributed by atoms with E-state index in [0.29, 0.717) is 0 Å². The summed E-state index contributed by atoms with van der Waals surface area (Å²) in [6.07, 6.45) is -5.05. The van der Waals surface area contributed by atoms with E-state index < -0.39 is 26.3 Å². The third kappa shape index (κ3) is 4.44. The summed E-state index contributed by atoms with van der Waals surface area (Å²) in [4.78, 5) is 3.66. The fourth-order valence-corrected chi connectivity index (χ4v) is 2.96. The molecule has 1 aromatic rings. The molecular formula is C14H23F3N2OSi. The van der Waals surface area contributed by atoms with Gasteiger partial charge in [0.25, 0.3) is 0 Å². The molecule has 3 nitrogen and oxygen atoms in total. The van der Waals surface area contributed by atoms with Gasteiger partial charge in [-0.05, 0) is 37.2 Å². The Balaban J connectivity index is 3.09. The van der Waals surface area contributed by atoms with Crippen molar-refractivity contribution in [1.29, 1.82) is 0 Å². The van der Waals surface area contributed by atoms with Crippen LogP contribution in [0.5, 0.6) is 0 Å². The third-order valence-corrected chi connectivity index (χ3v) is 8.41. The molecule has 1 aromatic heterocycles. The van der Waals surface area contributed by atoms with Gasteiger partial charge in [-0.2, -0.15) is 13.2 Å². The minimum Gasteiger partial charge on any atom is -0.409 e. The summed E-state index contributed by atoms with van der Waals surface area (Å²) in [6.45, 7) is 12.0. The van der Waals surface area contributed by atoms with Gasteiger partial charge >= 0.3 is 6.18 Å². The molecule has 21 heavy (non-hydrogen) atoms. The van der Waals surface area contributed by atoms with Crippen molar-refractivity contribution in [1.82, 2.24) is 4.98 Å². The Kier molecular flexibility index (Phi) is 4.80. The van der Waals surface area contributed by atoms with Crippen LogP contribution in [-0.4, -0.2) is 13.3 Å². The average Bonchev–Trinajstić information content (AvgIpc) is 2.24. The third-order valence-electron chi connectivity index (χ3n) is 3.85. The van der Waals surface area contributed by atoms with E-state index in [9.17, 15) is 13.2 Å². The van der Waals surface area contributed by atoms with Crippen molar-refractivity contribution in [2.45, 2.75) is 58.1 Å². The maximum Gasteiger partial charge on any atom is 0.433 e. The Labute approximate surface area is 124 Å². The molecule has 7 heteroatoms. The van der Waals surface area contributed by atoms with E-state index in [2.05, 4.69) is 25.8 Å². The van der Waals surface area contributed by atoms with Crippen LogP contribution in [0.1, 0.15) is 45.2 Å². The van der Waals surface area contributed by atoms with Crippen molar-refractivity contribution in [2.24, 2.45) is 0 Å². The molecule has 0 aromatic carbocycles. The Bertz CT molecular complexity index is 510. The molecule has 0 radical (unpaired) electrons. The number of nitrogen functional groups attached to an aromatic ring is 1. The number of nitrogens with two attached hydrogens (primary N) is 1. The first-order chi connectivity index (χ1) is 9.24. The van der Waals surface area contributed by atoms with Crippen LogP contribution in [0, 0.1) is 0 Å². The van der Waals surface area contributed by atoms with Gasteiger partial charge in [0.1, 0.15) is 5.69 Å². The summed E-state index contributed by atoms with van der Waals surface area (Å²) >= 11 is 0. The number of nitrogens with zero attached hydrogens (tertiary/aromatic N) is 1. The molecule has 0 aliphatic heterocycles. The monoisotopic (exact) mass is 320 g/mol. The van der Waals surface area contributed by atoms with Gasteiger partial charge in [0.15, 0.2) is 8.32 Å². The van der Waals surface area contributed by atoms with Crippen molar-refractivity contribution >= 4 is 14.0 Å². The number of hydrogen-bond donors (Lipinski definition) is 1. The van der Waals surface area contributed by atoms with E-state index >= 15 is 0 Å². The summed E-state index contributed by atoms with van der Waals surface area (Å²) in [7, 11) is -2.09. The normalized spacial score (nSPS) is 15.1. The standard InChI is InChI=1S/C14H23F3N2OSi/c1-9(20-21(5,6)13(2,3)4)11-7-10(18)8-12(19-11)14(15,16)17/h7-9H,1-6H3,(H2,18,19). The number of alkyl halides is 3. The van der Waals surface area contributed by atoms with Crippen LogP contribution in [0.2, 0.25) is 18.1 Å². The van der Waals surface area contributed by atoms with Crippen LogP contribution in [0.25, 0.3) is 0 Å². The second kappa shape index (κ2) is 5.60. The van der Waals surface area contributed by atoms with Crippen molar-refractivity contribution in [2.75, 3.05) is 5.73 Å². The SMILES string of the molecule is CC(O[Si](C)(C)C(C)(C)C)c1cc(N)cc(C(F)(F)F)n1. The predicted molar refractivity (Wildman–Crippen MR) is 80.3 cm³/mol. The Hall–Kier alpha value is -1.08. The van der Waals surface area contributed by atoms with Crippen LogP contribution in [0.15, 0.2) is 12.1 Å². The van der Waals surface area contributed by atoms with Gasteiger partial charge in [0.05, 0.1) is 11.8 Å². The molecule has 0 fully saturated rings. The maximum atomic E-state index is 12.8. The van der Waals surface area contributed by atoms with Gasteiger partial charge in [-0.15, -0.1) is 0 Å². The first-order valence-corrected chi connectivity index (χ1v) is 9.67. The maximum absolute atomic E-state index is 12.8. The quantitative estimate of drug-likeness (QED) is 0.816. The highest BCUT2D eigenvalue weighted by Crippen LogP contribution is 2.40. The van der Waals surface area contributed by atoms with E-state index in [4.69, 9.17) is 10.2 Å². The lowest BCUT2D eigenvalue weighted by atomic mass is 10.2. The van der Waals surface area contributed by atoms with E-state index in [1.54, 1.807) is 6.92 Å². The summed E-state index contributed by atoms with van der Waals surface area (Å²) in [5, 5.41) is -0.0333. The Morgan fingerprint density at radius 2 is 1.71 bits per heavy atom. The van der Waals surface area contributed by atoms with Crippen LogP contribution < -0.4 is 5.73 Å². The molecule has 0 bridgehead atoms. The summed E-state index contributed by atoms with van der Waals surface area (Å²) in [5.41, 5.74) is 4.83. The zero-order valence-corrected chi connectivity index (χ0v) is 14.3. The summed E-state index contributed by atoms with van der Waals surface area (Å²) in [5.74, 6) is 0. The molecule has 0 amide bonds. The number of hydrogen-bond acceptors (Lipinski definition) is 3. The first kappa shape index (κ1) is 18.0. The van der Waals surface area contributed by atoms with E-state index in [0.717, 1.165) is 6.07 Å². The minimum atomic E-state index is -4.51. The zero-order chi connectivity index (χ0) is 16.6. The molecular weight excluding hydrogens is 297 g/mol. The van der Waals surface area contributed by atoms with Gasteiger partial charge < -0.3 is 10.2 Å². The molecule has 0 spiro atoms. The summed E-state index contributed by atoms with van der Waals surface area (Å²) in [6, 6.07) is 2.27. The number of halogens is 3. The average molecular weight is 320 g/mol.